The van der Waals surface area contributed by atoms with Crippen LogP contribution in [0, 0.1) is 0 Å². The average molecular weight is 432 g/mol. The van der Waals surface area contributed by atoms with Crippen LogP contribution in [0.15, 0.2) is 60.9 Å². The first kappa shape index (κ1) is 19.5. The monoisotopic (exact) mass is 431 g/mol. The second-order valence-electron chi connectivity index (χ2n) is 7.26. The van der Waals surface area contributed by atoms with E-state index in [1.165, 1.54) is 16.9 Å². The van der Waals surface area contributed by atoms with Gasteiger partial charge in [0.05, 0.1) is 16.8 Å². The second kappa shape index (κ2) is 8.35. The van der Waals surface area contributed by atoms with Crippen molar-refractivity contribution < 1.29 is 14.3 Å². The van der Waals surface area contributed by atoms with Crippen LogP contribution in [0.25, 0.3) is 10.2 Å². The van der Waals surface area contributed by atoms with Gasteiger partial charge in [0.1, 0.15) is 13.2 Å². The largest absolute Gasteiger partial charge is 0.486 e. The predicted molar refractivity (Wildman–Crippen MR) is 121 cm³/mol. The zero-order valence-corrected chi connectivity index (χ0v) is 17.9. The van der Waals surface area contributed by atoms with Gasteiger partial charge in [-0.2, -0.15) is 0 Å². The van der Waals surface area contributed by atoms with Crippen molar-refractivity contribution in [3.05, 3.63) is 77.6 Å². The molecule has 2 aromatic heterocycles. The minimum atomic E-state index is -0.143. The summed E-state index contributed by atoms with van der Waals surface area (Å²) in [7, 11) is 0. The van der Waals surface area contributed by atoms with Crippen LogP contribution >= 0.6 is 11.3 Å². The van der Waals surface area contributed by atoms with Gasteiger partial charge in [-0.15, -0.1) is 0 Å². The Morgan fingerprint density at radius 2 is 1.94 bits per heavy atom. The Kier molecular flexibility index (Phi) is 5.26. The lowest BCUT2D eigenvalue weighted by Gasteiger charge is -2.22. The molecule has 1 aliphatic rings. The molecule has 1 aliphatic heterocycles. The zero-order valence-electron chi connectivity index (χ0n) is 17.1. The van der Waals surface area contributed by atoms with Crippen molar-refractivity contribution in [1.29, 1.82) is 0 Å². The van der Waals surface area contributed by atoms with Gasteiger partial charge in [0, 0.05) is 18.0 Å². The van der Waals surface area contributed by atoms with Crippen molar-refractivity contribution in [2.45, 2.75) is 19.9 Å². The number of amides is 1. The van der Waals surface area contributed by atoms with Crippen molar-refractivity contribution in [1.82, 2.24) is 9.97 Å². The lowest BCUT2D eigenvalue weighted by molar-refractivity contribution is 0.0984. The maximum absolute atomic E-state index is 13.6. The van der Waals surface area contributed by atoms with Crippen molar-refractivity contribution in [3.8, 4) is 11.5 Å². The number of carbonyl (C=O) groups excluding carboxylic acids is 1. The highest BCUT2D eigenvalue weighted by molar-refractivity contribution is 7.22. The number of aryl methyl sites for hydroxylation is 1. The van der Waals surface area contributed by atoms with Gasteiger partial charge in [-0.25, -0.2) is 4.98 Å². The van der Waals surface area contributed by atoms with Gasteiger partial charge in [0.15, 0.2) is 16.6 Å². The first-order valence-corrected chi connectivity index (χ1v) is 11.0. The molecule has 4 aromatic rings. The molecule has 0 unspecified atom stereocenters. The second-order valence-corrected chi connectivity index (χ2v) is 8.27. The molecule has 5 rings (SSSR count). The van der Waals surface area contributed by atoms with Crippen molar-refractivity contribution in [2.24, 2.45) is 0 Å². The summed E-state index contributed by atoms with van der Waals surface area (Å²) in [6.07, 6.45) is 4.45. The van der Waals surface area contributed by atoms with Gasteiger partial charge in [-0.05, 0) is 53.9 Å². The highest BCUT2D eigenvalue weighted by Gasteiger charge is 2.24. The third-order valence-electron chi connectivity index (χ3n) is 5.18. The Morgan fingerprint density at radius 3 is 2.74 bits per heavy atom. The molecular weight excluding hydrogens is 410 g/mol. The SMILES string of the molecule is CCc1ccc2nc(N(Cc3cccnc3)C(=O)c3ccc4c(c3)OCCO4)sc2c1. The first-order valence-electron chi connectivity index (χ1n) is 10.2. The number of nitrogens with zero attached hydrogens (tertiary/aromatic N) is 3. The van der Waals surface area contributed by atoms with Crippen molar-refractivity contribution in [2.75, 3.05) is 18.1 Å². The van der Waals surface area contributed by atoms with Gasteiger partial charge >= 0.3 is 0 Å². The molecule has 0 aliphatic carbocycles. The number of fused-ring (bicyclic) bond motifs is 2. The molecule has 0 bridgehead atoms. The topological polar surface area (TPSA) is 64.6 Å². The molecule has 0 saturated heterocycles. The van der Waals surface area contributed by atoms with Crippen LogP contribution < -0.4 is 14.4 Å². The zero-order chi connectivity index (χ0) is 21.2. The van der Waals surface area contributed by atoms with E-state index in [0.29, 0.717) is 42.0 Å². The molecule has 0 N–H and O–H groups in total. The molecular formula is C24H21N3O3S. The molecule has 0 fully saturated rings. The quantitative estimate of drug-likeness (QED) is 0.451. The summed E-state index contributed by atoms with van der Waals surface area (Å²) in [4.78, 5) is 24.3. The van der Waals surface area contributed by atoms with Crippen LogP contribution in [-0.2, 0) is 13.0 Å². The summed E-state index contributed by atoms with van der Waals surface area (Å²) in [6, 6.07) is 15.4. The molecule has 0 saturated carbocycles. The highest BCUT2D eigenvalue weighted by Crippen LogP contribution is 2.34. The van der Waals surface area contributed by atoms with Gasteiger partial charge in [-0.3, -0.25) is 14.7 Å². The van der Waals surface area contributed by atoms with Crippen molar-refractivity contribution >= 4 is 32.6 Å². The van der Waals surface area contributed by atoms with E-state index in [0.717, 1.165) is 22.2 Å². The smallest absolute Gasteiger partial charge is 0.260 e. The maximum atomic E-state index is 13.6. The van der Waals surface area contributed by atoms with Crippen LogP contribution in [-0.4, -0.2) is 29.1 Å². The Balaban J connectivity index is 1.54. The summed E-state index contributed by atoms with van der Waals surface area (Å²) >= 11 is 1.52. The molecule has 7 heteroatoms. The summed E-state index contributed by atoms with van der Waals surface area (Å²) < 4.78 is 12.3. The van der Waals surface area contributed by atoms with Crippen LogP contribution in [0.5, 0.6) is 11.5 Å². The molecule has 3 heterocycles. The lowest BCUT2D eigenvalue weighted by atomic mass is 10.1. The number of thiazole rings is 1. The minimum Gasteiger partial charge on any atom is -0.486 e. The molecule has 31 heavy (non-hydrogen) atoms. The normalized spacial score (nSPS) is 12.7. The van der Waals surface area contributed by atoms with Crippen LogP contribution in [0.1, 0.15) is 28.4 Å². The number of hydrogen-bond acceptors (Lipinski definition) is 6. The number of anilines is 1. The Hall–Kier alpha value is -3.45. The van der Waals surface area contributed by atoms with E-state index in [1.54, 1.807) is 35.5 Å². The van der Waals surface area contributed by atoms with E-state index in [-0.39, 0.29) is 5.91 Å². The molecule has 1 amide bonds. The maximum Gasteiger partial charge on any atom is 0.260 e. The van der Waals surface area contributed by atoms with E-state index >= 15 is 0 Å². The fourth-order valence-corrected chi connectivity index (χ4v) is 4.55. The van der Waals surface area contributed by atoms with E-state index in [9.17, 15) is 4.79 Å². The molecule has 2 aromatic carbocycles. The summed E-state index contributed by atoms with van der Waals surface area (Å²) in [5, 5.41) is 0.659. The lowest BCUT2D eigenvalue weighted by Crippen LogP contribution is -2.30. The van der Waals surface area contributed by atoms with Gasteiger partial charge in [0.2, 0.25) is 0 Å². The molecule has 6 nitrogen and oxygen atoms in total. The number of hydrogen-bond donors (Lipinski definition) is 0. The summed E-state index contributed by atoms with van der Waals surface area (Å²) in [6.45, 7) is 3.49. The van der Waals surface area contributed by atoms with E-state index in [2.05, 4.69) is 24.0 Å². The molecule has 0 spiro atoms. The minimum absolute atomic E-state index is 0.143. The molecule has 0 atom stereocenters. The van der Waals surface area contributed by atoms with Crippen LogP contribution in [0.3, 0.4) is 0 Å². The van der Waals surface area contributed by atoms with Gasteiger partial charge < -0.3 is 9.47 Å². The fourth-order valence-electron chi connectivity index (χ4n) is 3.52. The number of aromatic nitrogens is 2. The van der Waals surface area contributed by atoms with E-state index in [4.69, 9.17) is 14.5 Å². The third kappa shape index (κ3) is 3.96. The Labute approximate surface area is 184 Å². The van der Waals surface area contributed by atoms with E-state index < -0.39 is 0 Å². The predicted octanol–water partition coefficient (Wildman–Crippen LogP) is 4.87. The standard InChI is InChI=1S/C24H21N3O3S/c1-2-16-5-7-19-22(12-16)31-24(26-19)27(15-17-4-3-9-25-14-17)23(28)18-6-8-20-21(13-18)30-11-10-29-20/h3-9,12-14H,2,10-11,15H2,1H3. The molecule has 0 radical (unpaired) electrons. The number of ether oxygens (including phenoxy) is 2. The Morgan fingerprint density at radius 1 is 1.06 bits per heavy atom. The number of rotatable bonds is 5. The summed E-state index contributed by atoms with van der Waals surface area (Å²) in [5.74, 6) is 1.11. The van der Waals surface area contributed by atoms with Crippen LogP contribution in [0.4, 0.5) is 5.13 Å². The summed E-state index contributed by atoms with van der Waals surface area (Å²) in [5.41, 5.74) is 3.60. The number of pyridine rings is 1. The first-order chi connectivity index (χ1) is 15.2. The molecule has 156 valence electrons. The average Bonchev–Trinajstić information content (AvgIpc) is 3.25. The number of carbonyl (C=O) groups is 1. The van der Waals surface area contributed by atoms with Gasteiger partial charge in [0.25, 0.3) is 5.91 Å². The highest BCUT2D eigenvalue weighted by atomic mass is 32.1. The van der Waals surface area contributed by atoms with Gasteiger partial charge in [-0.1, -0.05) is 30.4 Å². The Bertz CT molecular complexity index is 1240. The van der Waals surface area contributed by atoms with Crippen LogP contribution in [0.2, 0.25) is 0 Å². The third-order valence-corrected chi connectivity index (χ3v) is 6.22. The fraction of sp³-hybridized carbons (Fsp3) is 0.208. The van der Waals surface area contributed by atoms with Crippen molar-refractivity contribution in [3.63, 3.8) is 0 Å². The van der Waals surface area contributed by atoms with E-state index in [1.807, 2.05) is 18.2 Å². The number of benzene rings is 2.